The van der Waals surface area contributed by atoms with Crippen molar-refractivity contribution < 1.29 is 9.53 Å². The van der Waals surface area contributed by atoms with E-state index in [1.54, 1.807) is 11.8 Å². The fourth-order valence-corrected chi connectivity index (χ4v) is 3.99. The fourth-order valence-electron chi connectivity index (χ4n) is 3.53. The Morgan fingerprint density at radius 1 is 1.57 bits per heavy atom. The molecule has 1 amide bonds. The van der Waals surface area contributed by atoms with Gasteiger partial charge in [-0.15, -0.1) is 24.1 Å². The number of hydrogen-bond acceptors (Lipinski definition) is 4. The number of carbonyl (C=O) groups excluding carboxylic acids is 1. The second-order valence-electron chi connectivity index (χ2n) is 6.16. The first-order valence-electron chi connectivity index (χ1n) is 7.97. The molecule has 0 spiro atoms. The van der Waals surface area contributed by atoms with Crippen LogP contribution in [-0.2, 0) is 4.74 Å². The van der Waals surface area contributed by atoms with Crippen LogP contribution in [-0.4, -0.2) is 43.0 Å². The SMILES string of the molecule is C#C[C@H]1CN2CC[C@H]1C[C@@H]2COC(=O)Nc1cccc(SC)c1. The molecule has 3 aliphatic heterocycles. The molecule has 1 unspecified atom stereocenters. The van der Waals surface area contributed by atoms with E-state index in [1.807, 2.05) is 30.5 Å². The second kappa shape index (κ2) is 7.29. The van der Waals surface area contributed by atoms with E-state index in [1.165, 1.54) is 6.42 Å². The van der Waals surface area contributed by atoms with Gasteiger partial charge in [0, 0.05) is 29.1 Å². The lowest BCUT2D eigenvalue weighted by Crippen LogP contribution is -2.54. The highest BCUT2D eigenvalue weighted by Gasteiger charge is 2.39. The average molecular weight is 330 g/mol. The lowest BCUT2D eigenvalue weighted by Gasteiger charge is -2.48. The highest BCUT2D eigenvalue weighted by atomic mass is 32.2. The zero-order valence-corrected chi connectivity index (χ0v) is 14.1. The van der Waals surface area contributed by atoms with Crippen LogP contribution in [0.15, 0.2) is 29.2 Å². The number of carbonyl (C=O) groups is 1. The smallest absolute Gasteiger partial charge is 0.411 e. The first-order valence-corrected chi connectivity index (χ1v) is 9.20. The molecule has 1 aromatic rings. The summed E-state index contributed by atoms with van der Waals surface area (Å²) in [6.07, 6.45) is 9.41. The molecule has 0 aromatic heterocycles. The fraction of sp³-hybridized carbons (Fsp3) is 0.500. The molecule has 1 aromatic carbocycles. The first kappa shape index (κ1) is 16.2. The normalized spacial score (nSPS) is 28.9. The van der Waals surface area contributed by atoms with Crippen LogP contribution < -0.4 is 5.32 Å². The lowest BCUT2D eigenvalue weighted by molar-refractivity contribution is -0.00665. The van der Waals surface area contributed by atoms with Crippen molar-refractivity contribution >= 4 is 23.5 Å². The van der Waals surface area contributed by atoms with E-state index < -0.39 is 0 Å². The highest BCUT2D eigenvalue weighted by Crippen LogP contribution is 2.35. The van der Waals surface area contributed by atoms with Gasteiger partial charge >= 0.3 is 6.09 Å². The highest BCUT2D eigenvalue weighted by molar-refractivity contribution is 7.98. The maximum Gasteiger partial charge on any atom is 0.411 e. The van der Waals surface area contributed by atoms with Crippen LogP contribution in [0.4, 0.5) is 10.5 Å². The maximum absolute atomic E-state index is 12.0. The standard InChI is InChI=1S/C18H22N2O2S/c1-3-13-11-20-8-7-14(13)9-16(20)12-22-18(21)19-15-5-4-6-17(10-15)23-2/h1,4-6,10,13-14,16H,7-9,11-12H2,2H3,(H,19,21)/t13-,14-,16+/m0/s1. The van der Waals surface area contributed by atoms with Crippen molar-refractivity contribution in [2.24, 2.45) is 11.8 Å². The molecular weight excluding hydrogens is 308 g/mol. The summed E-state index contributed by atoms with van der Waals surface area (Å²) in [6, 6.07) is 8.05. The van der Waals surface area contributed by atoms with Gasteiger partial charge in [0.05, 0.1) is 0 Å². The number of anilines is 1. The molecule has 3 aliphatic rings. The molecule has 4 atom stereocenters. The van der Waals surface area contributed by atoms with Crippen LogP contribution in [0.1, 0.15) is 12.8 Å². The minimum absolute atomic E-state index is 0.307. The molecule has 4 nitrogen and oxygen atoms in total. The Bertz CT molecular complexity index is 613. The first-order chi connectivity index (χ1) is 11.2. The van der Waals surface area contributed by atoms with E-state index in [4.69, 9.17) is 11.2 Å². The molecule has 3 heterocycles. The van der Waals surface area contributed by atoms with Crippen LogP contribution in [0.2, 0.25) is 0 Å². The van der Waals surface area contributed by atoms with Crippen molar-refractivity contribution in [3.8, 4) is 12.3 Å². The number of hydrogen-bond donors (Lipinski definition) is 1. The Hall–Kier alpha value is -1.64. The van der Waals surface area contributed by atoms with Gasteiger partial charge in [-0.3, -0.25) is 10.2 Å². The van der Waals surface area contributed by atoms with Gasteiger partial charge in [-0.1, -0.05) is 6.07 Å². The lowest BCUT2D eigenvalue weighted by atomic mass is 9.76. The molecule has 122 valence electrons. The zero-order chi connectivity index (χ0) is 16.2. The third-order valence-electron chi connectivity index (χ3n) is 4.82. The van der Waals surface area contributed by atoms with Crippen LogP contribution >= 0.6 is 11.8 Å². The minimum atomic E-state index is -0.389. The molecule has 0 radical (unpaired) electrons. The summed E-state index contributed by atoms with van der Waals surface area (Å²) in [6.45, 7) is 2.43. The molecule has 3 fully saturated rings. The van der Waals surface area contributed by atoms with E-state index in [0.29, 0.717) is 24.5 Å². The van der Waals surface area contributed by atoms with Crippen molar-refractivity contribution in [2.45, 2.75) is 23.8 Å². The number of terminal acetylenes is 1. The summed E-state index contributed by atoms with van der Waals surface area (Å²) in [7, 11) is 0. The van der Waals surface area contributed by atoms with Crippen LogP contribution in [0.3, 0.4) is 0 Å². The average Bonchev–Trinajstić information content (AvgIpc) is 2.60. The molecule has 0 aliphatic carbocycles. The Morgan fingerprint density at radius 3 is 3.13 bits per heavy atom. The van der Waals surface area contributed by atoms with Crippen LogP contribution in [0.25, 0.3) is 0 Å². The van der Waals surface area contributed by atoms with Gasteiger partial charge < -0.3 is 4.74 Å². The second-order valence-corrected chi connectivity index (χ2v) is 7.04. The summed E-state index contributed by atoms with van der Waals surface area (Å²) in [5.41, 5.74) is 0.764. The quantitative estimate of drug-likeness (QED) is 0.679. The molecule has 5 heteroatoms. The van der Waals surface area contributed by atoms with Gasteiger partial charge in [0.1, 0.15) is 6.61 Å². The third kappa shape index (κ3) is 3.82. The summed E-state index contributed by atoms with van der Waals surface area (Å²) in [4.78, 5) is 15.5. The monoisotopic (exact) mass is 330 g/mol. The molecule has 0 saturated carbocycles. The number of rotatable bonds is 4. The predicted molar refractivity (Wildman–Crippen MR) is 93.6 cm³/mol. The third-order valence-corrected chi connectivity index (χ3v) is 5.54. The maximum atomic E-state index is 12.0. The Labute approximate surface area is 142 Å². The largest absolute Gasteiger partial charge is 0.448 e. The summed E-state index contributed by atoms with van der Waals surface area (Å²) in [5.74, 6) is 3.85. The van der Waals surface area contributed by atoms with Crippen molar-refractivity contribution in [3.63, 3.8) is 0 Å². The van der Waals surface area contributed by atoms with E-state index in [2.05, 4.69) is 16.1 Å². The number of piperidine rings is 3. The van der Waals surface area contributed by atoms with Gasteiger partial charge in [0.2, 0.25) is 0 Å². The summed E-state index contributed by atoms with van der Waals surface area (Å²) in [5, 5.41) is 2.79. The number of nitrogens with zero attached hydrogens (tertiary/aromatic N) is 1. The number of amides is 1. The van der Waals surface area contributed by atoms with E-state index >= 15 is 0 Å². The van der Waals surface area contributed by atoms with Crippen LogP contribution in [0.5, 0.6) is 0 Å². The van der Waals surface area contributed by atoms with E-state index in [0.717, 1.165) is 30.1 Å². The number of benzene rings is 1. The number of ether oxygens (including phenoxy) is 1. The number of nitrogens with one attached hydrogen (secondary N) is 1. The summed E-state index contributed by atoms with van der Waals surface area (Å²) < 4.78 is 5.43. The molecule has 2 bridgehead atoms. The molecule has 4 rings (SSSR count). The van der Waals surface area contributed by atoms with Gasteiger partial charge in [-0.05, 0) is 49.8 Å². The number of fused-ring (bicyclic) bond motifs is 3. The zero-order valence-electron chi connectivity index (χ0n) is 13.3. The molecule has 1 N–H and O–H groups in total. The van der Waals surface area contributed by atoms with Gasteiger partial charge in [-0.2, -0.15) is 0 Å². The van der Waals surface area contributed by atoms with Gasteiger partial charge in [0.25, 0.3) is 0 Å². The van der Waals surface area contributed by atoms with Gasteiger partial charge in [0.15, 0.2) is 0 Å². The Kier molecular flexibility index (Phi) is 5.14. The molecule has 3 saturated heterocycles. The van der Waals surface area contributed by atoms with Crippen LogP contribution in [0, 0.1) is 24.2 Å². The minimum Gasteiger partial charge on any atom is -0.448 e. The van der Waals surface area contributed by atoms with Crippen molar-refractivity contribution in [1.82, 2.24) is 4.90 Å². The Morgan fingerprint density at radius 2 is 2.43 bits per heavy atom. The van der Waals surface area contributed by atoms with E-state index in [9.17, 15) is 4.79 Å². The van der Waals surface area contributed by atoms with Crippen molar-refractivity contribution in [3.05, 3.63) is 24.3 Å². The molecular formula is C18H22N2O2S. The van der Waals surface area contributed by atoms with Gasteiger partial charge in [-0.25, -0.2) is 4.79 Å². The summed E-state index contributed by atoms with van der Waals surface area (Å²) >= 11 is 1.64. The number of thioether (sulfide) groups is 1. The Balaban J connectivity index is 1.49. The van der Waals surface area contributed by atoms with Crippen molar-refractivity contribution in [1.29, 1.82) is 0 Å². The van der Waals surface area contributed by atoms with E-state index in [-0.39, 0.29) is 6.09 Å². The van der Waals surface area contributed by atoms with Crippen molar-refractivity contribution in [2.75, 3.05) is 31.3 Å². The topological polar surface area (TPSA) is 41.6 Å². The molecule has 23 heavy (non-hydrogen) atoms. The predicted octanol–water partition coefficient (Wildman–Crippen LogP) is 3.30.